The third-order valence-electron chi connectivity index (χ3n) is 8.20. The summed E-state index contributed by atoms with van der Waals surface area (Å²) in [5.74, 6) is -0.389. The maximum absolute atomic E-state index is 12.2. The van der Waals surface area contributed by atoms with Crippen LogP contribution in [0.3, 0.4) is 0 Å². The van der Waals surface area contributed by atoms with E-state index in [2.05, 4.69) is 90.5 Å². The van der Waals surface area contributed by atoms with E-state index >= 15 is 0 Å². The van der Waals surface area contributed by atoms with E-state index in [0.717, 1.165) is 0 Å². The Balaban J connectivity index is 1.55. The zero-order chi connectivity index (χ0) is 26.1. The summed E-state index contributed by atoms with van der Waals surface area (Å²) in [4.78, 5) is 24.3. The zero-order valence-electron chi connectivity index (χ0n) is 23.3. The minimum absolute atomic E-state index is 0.0713. The van der Waals surface area contributed by atoms with Crippen LogP contribution in [0.4, 0.5) is 0 Å². The van der Waals surface area contributed by atoms with E-state index in [1.165, 1.54) is 0 Å². The Hall–Kier alpha value is -1.22. The maximum Gasteiger partial charge on any atom is 0.305 e. The summed E-state index contributed by atoms with van der Waals surface area (Å²) >= 11 is 0. The quantitative estimate of drug-likeness (QED) is 0.263. The molecule has 0 amide bonds. The molecule has 0 aromatic rings. The number of nitrogens with one attached hydrogen (secondary N) is 4. The minimum atomic E-state index is -0.299. The standard InChI is InChI=1S/C26H50N4O4/c1-21(2)22(3,4)28-25(9,27-21)15-13-19(31)33-17-11-12-18-34-20(32)14-16-26(10)29-23(5,6)24(7,8)30-26/h27-30H,11-18H2,1-10H3. The molecule has 2 saturated heterocycles. The highest BCUT2D eigenvalue weighted by atomic mass is 16.5. The van der Waals surface area contributed by atoms with Gasteiger partial charge in [0.05, 0.1) is 24.5 Å². The van der Waals surface area contributed by atoms with Crippen LogP contribution in [0.5, 0.6) is 0 Å². The second-order valence-electron chi connectivity index (χ2n) is 12.8. The van der Waals surface area contributed by atoms with Gasteiger partial charge in [0.15, 0.2) is 0 Å². The number of esters is 2. The van der Waals surface area contributed by atoms with Gasteiger partial charge in [-0.3, -0.25) is 30.9 Å². The van der Waals surface area contributed by atoms with Crippen LogP contribution in [-0.2, 0) is 19.1 Å². The van der Waals surface area contributed by atoms with Crippen molar-refractivity contribution in [2.45, 2.75) is 141 Å². The fraction of sp³-hybridized carbons (Fsp3) is 0.923. The van der Waals surface area contributed by atoms with E-state index in [4.69, 9.17) is 9.47 Å². The molecular formula is C26H50N4O4. The van der Waals surface area contributed by atoms with Gasteiger partial charge in [0, 0.05) is 35.0 Å². The number of carbonyl (C=O) groups is 2. The van der Waals surface area contributed by atoms with Crippen LogP contribution in [0.15, 0.2) is 0 Å². The smallest absolute Gasteiger partial charge is 0.305 e. The molecule has 34 heavy (non-hydrogen) atoms. The molecule has 0 aliphatic carbocycles. The zero-order valence-corrected chi connectivity index (χ0v) is 23.3. The van der Waals surface area contributed by atoms with Gasteiger partial charge in [-0.05, 0) is 94.9 Å². The fourth-order valence-corrected chi connectivity index (χ4v) is 5.12. The van der Waals surface area contributed by atoms with Gasteiger partial charge in [0.1, 0.15) is 0 Å². The highest BCUT2D eigenvalue weighted by Gasteiger charge is 2.51. The van der Waals surface area contributed by atoms with Crippen LogP contribution in [0.2, 0.25) is 0 Å². The molecule has 2 aliphatic heterocycles. The predicted octanol–water partition coefficient (Wildman–Crippen LogP) is 3.35. The van der Waals surface area contributed by atoms with E-state index in [-0.39, 0.29) is 45.4 Å². The number of carbonyl (C=O) groups excluding carboxylic acids is 2. The molecule has 2 aliphatic rings. The first-order chi connectivity index (χ1) is 15.3. The Labute approximate surface area is 207 Å². The minimum Gasteiger partial charge on any atom is -0.466 e. The first-order valence-corrected chi connectivity index (χ1v) is 12.8. The Morgan fingerprint density at radius 3 is 1.06 bits per heavy atom. The van der Waals surface area contributed by atoms with Gasteiger partial charge in [0.2, 0.25) is 0 Å². The number of ether oxygens (including phenoxy) is 2. The molecule has 0 radical (unpaired) electrons. The van der Waals surface area contributed by atoms with Crippen molar-refractivity contribution in [2.75, 3.05) is 13.2 Å². The van der Waals surface area contributed by atoms with Crippen molar-refractivity contribution < 1.29 is 19.1 Å². The van der Waals surface area contributed by atoms with E-state index in [1.807, 2.05) is 0 Å². The molecule has 0 atom stereocenters. The number of hydrogen-bond donors (Lipinski definition) is 4. The van der Waals surface area contributed by atoms with Crippen LogP contribution in [0, 0.1) is 0 Å². The Bertz CT molecular complexity index is 651. The summed E-state index contributed by atoms with van der Waals surface area (Å²) in [6, 6.07) is 0. The third-order valence-corrected chi connectivity index (χ3v) is 8.20. The van der Waals surface area contributed by atoms with Crippen molar-refractivity contribution in [1.82, 2.24) is 21.3 Å². The molecule has 0 aromatic heterocycles. The molecule has 4 N–H and O–H groups in total. The maximum atomic E-state index is 12.2. The largest absolute Gasteiger partial charge is 0.466 e. The second-order valence-corrected chi connectivity index (χ2v) is 12.8. The van der Waals surface area contributed by atoms with Gasteiger partial charge in [-0.2, -0.15) is 0 Å². The van der Waals surface area contributed by atoms with E-state index in [0.29, 0.717) is 51.7 Å². The molecule has 198 valence electrons. The summed E-state index contributed by atoms with van der Waals surface area (Å²) in [6.07, 6.45) is 3.38. The Kier molecular flexibility index (Phi) is 8.56. The number of hydrogen-bond acceptors (Lipinski definition) is 8. The van der Waals surface area contributed by atoms with Gasteiger partial charge in [-0.15, -0.1) is 0 Å². The molecule has 0 saturated carbocycles. The average Bonchev–Trinajstić information content (AvgIpc) is 2.93. The SMILES string of the molecule is CC1(CCC(=O)OCCCCOC(=O)CCC2(C)NC(C)(C)C(C)(C)N2)NC(C)(C)C(C)(C)N1. The van der Waals surface area contributed by atoms with Crippen LogP contribution in [0.25, 0.3) is 0 Å². The van der Waals surface area contributed by atoms with E-state index < -0.39 is 0 Å². The second kappa shape index (κ2) is 10.0. The first-order valence-electron chi connectivity index (χ1n) is 12.8. The highest BCUT2D eigenvalue weighted by molar-refractivity contribution is 5.69. The lowest BCUT2D eigenvalue weighted by molar-refractivity contribution is -0.146. The van der Waals surface area contributed by atoms with Crippen molar-refractivity contribution in [3.63, 3.8) is 0 Å². The Morgan fingerprint density at radius 1 is 0.529 bits per heavy atom. The summed E-state index contributed by atoms with van der Waals surface area (Å²) in [6.45, 7) is 22.2. The molecule has 2 rings (SSSR count). The summed E-state index contributed by atoms with van der Waals surface area (Å²) in [7, 11) is 0. The average molecular weight is 483 g/mol. The van der Waals surface area contributed by atoms with Gasteiger partial charge in [0.25, 0.3) is 0 Å². The lowest BCUT2D eigenvalue weighted by Gasteiger charge is -2.33. The van der Waals surface area contributed by atoms with Crippen LogP contribution >= 0.6 is 0 Å². The van der Waals surface area contributed by atoms with Crippen LogP contribution in [0.1, 0.15) is 108 Å². The van der Waals surface area contributed by atoms with Crippen LogP contribution in [-0.4, -0.2) is 58.6 Å². The molecule has 0 spiro atoms. The monoisotopic (exact) mass is 482 g/mol. The van der Waals surface area contributed by atoms with Crippen molar-refractivity contribution >= 4 is 11.9 Å². The first kappa shape index (κ1) is 29.0. The third kappa shape index (κ3) is 7.15. The highest BCUT2D eigenvalue weighted by Crippen LogP contribution is 2.34. The van der Waals surface area contributed by atoms with Crippen LogP contribution < -0.4 is 21.3 Å². The van der Waals surface area contributed by atoms with Gasteiger partial charge < -0.3 is 9.47 Å². The van der Waals surface area contributed by atoms with Gasteiger partial charge in [-0.25, -0.2) is 0 Å². The van der Waals surface area contributed by atoms with Gasteiger partial charge in [-0.1, -0.05) is 0 Å². The topological polar surface area (TPSA) is 101 Å². The van der Waals surface area contributed by atoms with E-state index in [9.17, 15) is 9.59 Å². The fourth-order valence-electron chi connectivity index (χ4n) is 5.12. The number of rotatable bonds is 11. The lowest BCUT2D eigenvalue weighted by atomic mass is 9.85. The summed E-state index contributed by atoms with van der Waals surface area (Å²) < 4.78 is 10.7. The van der Waals surface area contributed by atoms with Crippen molar-refractivity contribution in [3.8, 4) is 0 Å². The van der Waals surface area contributed by atoms with Crippen molar-refractivity contribution in [1.29, 1.82) is 0 Å². The molecule has 2 heterocycles. The lowest BCUT2D eigenvalue weighted by Crippen LogP contribution is -2.51. The molecule has 8 nitrogen and oxygen atoms in total. The summed E-state index contributed by atoms with van der Waals surface area (Å²) in [5, 5.41) is 14.4. The Morgan fingerprint density at radius 2 is 0.794 bits per heavy atom. The molecule has 0 bridgehead atoms. The molecule has 8 heteroatoms. The molecule has 2 fully saturated rings. The molecule has 0 aromatic carbocycles. The number of unbranched alkanes of at least 4 members (excludes halogenated alkanes) is 1. The van der Waals surface area contributed by atoms with Crippen molar-refractivity contribution in [2.24, 2.45) is 0 Å². The van der Waals surface area contributed by atoms with E-state index in [1.54, 1.807) is 0 Å². The predicted molar refractivity (Wildman–Crippen MR) is 135 cm³/mol. The molecular weight excluding hydrogens is 432 g/mol. The summed E-state index contributed by atoms with van der Waals surface area (Å²) in [5.41, 5.74) is -0.884. The van der Waals surface area contributed by atoms with Crippen molar-refractivity contribution in [3.05, 3.63) is 0 Å². The van der Waals surface area contributed by atoms with Gasteiger partial charge >= 0.3 is 11.9 Å². The normalized spacial score (nSPS) is 25.1. The molecule has 0 unspecified atom stereocenters.